The van der Waals surface area contributed by atoms with Crippen LogP contribution in [0, 0.1) is 11.3 Å². The second kappa shape index (κ2) is 6.62. The van der Waals surface area contributed by atoms with Crippen LogP contribution in [0.2, 0.25) is 0 Å². The first-order chi connectivity index (χ1) is 8.29. The summed E-state index contributed by atoms with van der Waals surface area (Å²) in [6, 6.07) is 0.540. The molecular weight excluding hydrogens is 242 g/mol. The van der Waals surface area contributed by atoms with Gasteiger partial charge in [-0.1, -0.05) is 41.5 Å². The first-order valence-corrected chi connectivity index (χ1v) is 7.65. The standard InChI is InChI=1S/C14H27N3S/c1-10(2)15-8-7-12-16-17-13(18-12)9-11(3)14(4,5)6/h10-11,15H,7-9H2,1-6H3. The topological polar surface area (TPSA) is 37.8 Å². The smallest absolute Gasteiger partial charge is 0.118 e. The highest BCUT2D eigenvalue weighted by Crippen LogP contribution is 2.29. The number of aromatic nitrogens is 2. The Kier molecular flexibility index (Phi) is 5.73. The first-order valence-electron chi connectivity index (χ1n) is 6.83. The van der Waals surface area contributed by atoms with Crippen molar-refractivity contribution in [1.29, 1.82) is 0 Å². The molecule has 1 rings (SSSR count). The highest BCUT2D eigenvalue weighted by atomic mass is 32.1. The third kappa shape index (κ3) is 5.44. The molecule has 0 fully saturated rings. The summed E-state index contributed by atoms with van der Waals surface area (Å²) in [5.41, 5.74) is 0.338. The van der Waals surface area contributed by atoms with Crippen LogP contribution in [0.4, 0.5) is 0 Å². The van der Waals surface area contributed by atoms with Gasteiger partial charge in [0.1, 0.15) is 10.0 Å². The van der Waals surface area contributed by atoms with E-state index < -0.39 is 0 Å². The molecule has 0 bridgehead atoms. The summed E-state index contributed by atoms with van der Waals surface area (Å²) < 4.78 is 0. The van der Waals surface area contributed by atoms with Crippen LogP contribution in [0.1, 0.15) is 51.6 Å². The Hall–Kier alpha value is -0.480. The highest BCUT2D eigenvalue weighted by molar-refractivity contribution is 7.11. The molecule has 1 aromatic heterocycles. The van der Waals surface area contributed by atoms with Crippen molar-refractivity contribution >= 4 is 11.3 Å². The zero-order valence-corrected chi connectivity index (χ0v) is 13.4. The Bertz CT molecular complexity index is 352. The molecule has 1 atom stereocenters. The molecule has 1 heterocycles. The van der Waals surface area contributed by atoms with E-state index in [-0.39, 0.29) is 0 Å². The molecule has 0 amide bonds. The van der Waals surface area contributed by atoms with E-state index >= 15 is 0 Å². The predicted molar refractivity (Wildman–Crippen MR) is 79.1 cm³/mol. The summed E-state index contributed by atoms with van der Waals surface area (Å²) in [7, 11) is 0. The van der Waals surface area contributed by atoms with Gasteiger partial charge in [-0.05, 0) is 11.3 Å². The number of nitrogens with one attached hydrogen (secondary N) is 1. The van der Waals surface area contributed by atoms with Gasteiger partial charge in [-0.2, -0.15) is 0 Å². The molecule has 0 aliphatic rings. The van der Waals surface area contributed by atoms with Gasteiger partial charge in [-0.3, -0.25) is 0 Å². The normalized spacial score (nSPS) is 14.2. The highest BCUT2D eigenvalue weighted by Gasteiger charge is 2.21. The van der Waals surface area contributed by atoms with E-state index in [4.69, 9.17) is 0 Å². The van der Waals surface area contributed by atoms with Crippen molar-refractivity contribution < 1.29 is 0 Å². The Labute approximate surface area is 115 Å². The van der Waals surface area contributed by atoms with Gasteiger partial charge >= 0.3 is 0 Å². The number of hydrogen-bond donors (Lipinski definition) is 1. The summed E-state index contributed by atoms with van der Waals surface area (Å²) in [5, 5.41) is 14.3. The van der Waals surface area contributed by atoms with Gasteiger partial charge in [0.2, 0.25) is 0 Å². The van der Waals surface area contributed by atoms with E-state index in [1.165, 1.54) is 5.01 Å². The second-order valence-corrected chi connectivity index (χ2v) is 7.57. The molecule has 0 aliphatic carbocycles. The molecular formula is C14H27N3S. The van der Waals surface area contributed by atoms with Crippen molar-refractivity contribution in [2.45, 2.75) is 60.4 Å². The fraction of sp³-hybridized carbons (Fsp3) is 0.857. The van der Waals surface area contributed by atoms with Crippen molar-refractivity contribution in [1.82, 2.24) is 15.5 Å². The van der Waals surface area contributed by atoms with Crippen LogP contribution in [0.5, 0.6) is 0 Å². The molecule has 4 heteroatoms. The van der Waals surface area contributed by atoms with Gasteiger partial charge in [-0.15, -0.1) is 21.5 Å². The average Bonchev–Trinajstić information content (AvgIpc) is 2.63. The molecule has 1 unspecified atom stereocenters. The van der Waals surface area contributed by atoms with E-state index in [9.17, 15) is 0 Å². The largest absolute Gasteiger partial charge is 0.314 e. The minimum atomic E-state index is 0.338. The van der Waals surface area contributed by atoms with Crippen LogP contribution in [-0.4, -0.2) is 22.8 Å². The zero-order chi connectivity index (χ0) is 13.8. The molecule has 18 heavy (non-hydrogen) atoms. The Balaban J connectivity index is 2.43. The summed E-state index contributed by atoms with van der Waals surface area (Å²) in [6.45, 7) is 14.5. The second-order valence-electron chi connectivity index (χ2n) is 6.42. The number of nitrogens with zero attached hydrogens (tertiary/aromatic N) is 2. The SMILES string of the molecule is CC(C)NCCc1nnc(CC(C)C(C)(C)C)s1. The van der Waals surface area contributed by atoms with Gasteiger partial charge in [-0.25, -0.2) is 0 Å². The van der Waals surface area contributed by atoms with Gasteiger partial charge in [0, 0.05) is 25.4 Å². The number of hydrogen-bond acceptors (Lipinski definition) is 4. The van der Waals surface area contributed by atoms with Crippen molar-refractivity contribution in [2.75, 3.05) is 6.54 Å². The van der Waals surface area contributed by atoms with E-state index in [1.54, 1.807) is 11.3 Å². The summed E-state index contributed by atoms with van der Waals surface area (Å²) in [5.74, 6) is 0.632. The van der Waals surface area contributed by atoms with Crippen LogP contribution in [0.25, 0.3) is 0 Å². The summed E-state index contributed by atoms with van der Waals surface area (Å²) >= 11 is 1.77. The van der Waals surface area contributed by atoms with Crippen LogP contribution in [0.3, 0.4) is 0 Å². The summed E-state index contributed by atoms with van der Waals surface area (Å²) in [6.07, 6.45) is 2.03. The first kappa shape index (κ1) is 15.6. The minimum absolute atomic E-state index is 0.338. The average molecular weight is 269 g/mol. The molecule has 3 nitrogen and oxygen atoms in total. The lowest BCUT2D eigenvalue weighted by molar-refractivity contribution is 0.259. The van der Waals surface area contributed by atoms with Gasteiger partial charge in [0.05, 0.1) is 0 Å². The molecule has 104 valence electrons. The Morgan fingerprint density at radius 2 is 1.72 bits per heavy atom. The maximum absolute atomic E-state index is 4.31. The summed E-state index contributed by atoms with van der Waals surface area (Å²) in [4.78, 5) is 0. The monoisotopic (exact) mass is 269 g/mol. The lowest BCUT2D eigenvalue weighted by Gasteiger charge is -2.26. The van der Waals surface area contributed by atoms with Crippen LogP contribution < -0.4 is 5.32 Å². The fourth-order valence-corrected chi connectivity index (χ4v) is 2.48. The quantitative estimate of drug-likeness (QED) is 0.861. The van der Waals surface area contributed by atoms with Crippen molar-refractivity contribution in [3.63, 3.8) is 0 Å². The van der Waals surface area contributed by atoms with Crippen LogP contribution >= 0.6 is 11.3 Å². The molecule has 1 N–H and O–H groups in total. The van der Waals surface area contributed by atoms with E-state index in [1.807, 2.05) is 0 Å². The van der Waals surface area contributed by atoms with Crippen molar-refractivity contribution in [3.05, 3.63) is 10.0 Å². The van der Waals surface area contributed by atoms with E-state index in [2.05, 4.69) is 57.1 Å². The lowest BCUT2D eigenvalue weighted by Crippen LogP contribution is -2.24. The third-order valence-corrected chi connectivity index (χ3v) is 4.36. The van der Waals surface area contributed by atoms with Gasteiger partial charge in [0.25, 0.3) is 0 Å². The van der Waals surface area contributed by atoms with Gasteiger partial charge < -0.3 is 5.32 Å². The zero-order valence-electron chi connectivity index (χ0n) is 12.6. The fourth-order valence-electron chi connectivity index (χ4n) is 1.51. The maximum atomic E-state index is 4.31. The number of rotatable bonds is 6. The lowest BCUT2D eigenvalue weighted by atomic mass is 9.80. The maximum Gasteiger partial charge on any atom is 0.118 e. The third-order valence-electron chi connectivity index (χ3n) is 3.36. The molecule has 0 spiro atoms. The van der Waals surface area contributed by atoms with E-state index in [0.29, 0.717) is 17.4 Å². The Morgan fingerprint density at radius 1 is 1.11 bits per heavy atom. The minimum Gasteiger partial charge on any atom is -0.314 e. The molecule has 0 aliphatic heterocycles. The Morgan fingerprint density at radius 3 is 2.28 bits per heavy atom. The van der Waals surface area contributed by atoms with Crippen LogP contribution in [-0.2, 0) is 12.8 Å². The van der Waals surface area contributed by atoms with Crippen molar-refractivity contribution in [3.8, 4) is 0 Å². The molecule has 0 radical (unpaired) electrons. The van der Waals surface area contributed by atoms with Crippen molar-refractivity contribution in [2.24, 2.45) is 11.3 Å². The van der Waals surface area contributed by atoms with Gasteiger partial charge in [0.15, 0.2) is 0 Å². The molecule has 0 saturated heterocycles. The van der Waals surface area contributed by atoms with E-state index in [0.717, 1.165) is 24.4 Å². The molecule has 0 saturated carbocycles. The molecule has 0 aromatic carbocycles. The predicted octanol–water partition coefficient (Wildman–Crippen LogP) is 3.30. The van der Waals surface area contributed by atoms with Crippen LogP contribution in [0.15, 0.2) is 0 Å². The molecule has 1 aromatic rings.